The third kappa shape index (κ3) is 9.36. The molecule has 1 aromatic rings. The Morgan fingerprint density at radius 1 is 0.943 bits per heavy atom. The standard InChI is InChI=1S/C28H43NO6/c1-25(2,3)22(30)17-16-21(35-33-19-29)18-32-28(9,10)27(7,8)24(31)23(34-26(4,5)6)20-14-12-11-13-15-20/h11-15,21,23H,16-18H2,1-10H3. The first-order valence-electron chi connectivity index (χ1n) is 12.1. The lowest BCUT2D eigenvalue weighted by atomic mass is 9.71. The molecule has 0 saturated heterocycles. The van der Waals surface area contributed by atoms with E-state index in [1.807, 2.05) is 99.6 Å². The first kappa shape index (κ1) is 30.8. The fourth-order valence-corrected chi connectivity index (χ4v) is 3.28. The second-order valence-corrected chi connectivity index (χ2v) is 11.9. The number of hydrogen-bond acceptors (Lipinski definition) is 7. The van der Waals surface area contributed by atoms with Gasteiger partial charge in [0.2, 0.25) is 0 Å². The number of carbonyl (C=O) groups excluding carboxylic acids is 2. The third-order valence-corrected chi connectivity index (χ3v) is 6.31. The largest absolute Gasteiger partial charge is 0.372 e. The van der Waals surface area contributed by atoms with E-state index >= 15 is 0 Å². The number of nitriles is 1. The maximum Gasteiger partial charge on any atom is 0.324 e. The monoisotopic (exact) mass is 489 g/mol. The van der Waals surface area contributed by atoms with Crippen LogP contribution in [0, 0.1) is 22.3 Å². The van der Waals surface area contributed by atoms with Gasteiger partial charge in [-0.25, -0.2) is 0 Å². The number of nitrogens with zero attached hydrogens (tertiary/aromatic N) is 1. The predicted molar refractivity (Wildman–Crippen MR) is 134 cm³/mol. The van der Waals surface area contributed by atoms with E-state index in [-0.39, 0.29) is 24.6 Å². The molecule has 0 heterocycles. The van der Waals surface area contributed by atoms with Crippen LogP contribution < -0.4 is 0 Å². The van der Waals surface area contributed by atoms with E-state index in [4.69, 9.17) is 19.6 Å². The Kier molecular flexibility index (Phi) is 10.6. The number of rotatable bonds is 13. The van der Waals surface area contributed by atoms with Crippen molar-refractivity contribution in [1.82, 2.24) is 0 Å². The molecule has 0 fully saturated rings. The van der Waals surface area contributed by atoms with Crippen molar-refractivity contribution in [1.29, 1.82) is 5.26 Å². The fourth-order valence-electron chi connectivity index (χ4n) is 3.28. The lowest BCUT2D eigenvalue weighted by Gasteiger charge is -2.43. The minimum Gasteiger partial charge on any atom is -0.372 e. The van der Waals surface area contributed by atoms with Gasteiger partial charge in [-0.2, -0.15) is 4.89 Å². The molecule has 0 bridgehead atoms. The number of ether oxygens (including phenoxy) is 2. The molecule has 0 aliphatic rings. The number of Topliss-reactive ketones (excluding diaryl/α,β-unsaturated/α-hetero) is 2. The Morgan fingerprint density at radius 2 is 1.51 bits per heavy atom. The summed E-state index contributed by atoms with van der Waals surface area (Å²) in [4.78, 5) is 35.9. The average Bonchev–Trinajstić information content (AvgIpc) is 2.75. The van der Waals surface area contributed by atoms with Gasteiger partial charge in [-0.05, 0) is 46.6 Å². The van der Waals surface area contributed by atoms with Crippen LogP contribution in [0.25, 0.3) is 0 Å². The van der Waals surface area contributed by atoms with Gasteiger partial charge in [-0.3, -0.25) is 14.5 Å². The lowest BCUT2D eigenvalue weighted by molar-refractivity contribution is -0.291. The minimum atomic E-state index is -0.958. The summed E-state index contributed by atoms with van der Waals surface area (Å²) in [6, 6.07) is 9.42. The summed E-state index contributed by atoms with van der Waals surface area (Å²) in [5.41, 5.74) is -2.12. The van der Waals surface area contributed by atoms with Gasteiger partial charge in [0.15, 0.2) is 5.78 Å². The van der Waals surface area contributed by atoms with Gasteiger partial charge in [-0.15, -0.1) is 5.26 Å². The molecule has 2 unspecified atom stereocenters. The van der Waals surface area contributed by atoms with E-state index in [9.17, 15) is 9.59 Å². The zero-order valence-electron chi connectivity index (χ0n) is 23.1. The van der Waals surface area contributed by atoms with Gasteiger partial charge in [-0.1, -0.05) is 65.0 Å². The number of carbonyl (C=O) groups is 2. The molecule has 0 N–H and O–H groups in total. The Balaban J connectivity index is 3.06. The van der Waals surface area contributed by atoms with Gasteiger partial charge < -0.3 is 9.47 Å². The Labute approximate surface area is 211 Å². The van der Waals surface area contributed by atoms with E-state index < -0.39 is 34.2 Å². The molecule has 2 atom stereocenters. The highest BCUT2D eigenvalue weighted by Gasteiger charge is 2.48. The van der Waals surface area contributed by atoms with Crippen molar-refractivity contribution in [3.8, 4) is 6.26 Å². The molecular weight excluding hydrogens is 446 g/mol. The first-order chi connectivity index (χ1) is 15.9. The second-order valence-electron chi connectivity index (χ2n) is 11.9. The van der Waals surface area contributed by atoms with Crippen LogP contribution >= 0.6 is 0 Å². The summed E-state index contributed by atoms with van der Waals surface area (Å²) in [5.74, 6) is -0.0415. The quantitative estimate of drug-likeness (QED) is 0.187. The highest BCUT2D eigenvalue weighted by atomic mass is 17.2. The molecule has 35 heavy (non-hydrogen) atoms. The van der Waals surface area contributed by atoms with Crippen molar-refractivity contribution < 1.29 is 28.8 Å². The van der Waals surface area contributed by atoms with Crippen LogP contribution in [-0.2, 0) is 28.8 Å². The molecule has 1 aromatic carbocycles. The van der Waals surface area contributed by atoms with Gasteiger partial charge in [0.1, 0.15) is 18.0 Å². The van der Waals surface area contributed by atoms with Crippen LogP contribution in [-0.4, -0.2) is 35.5 Å². The van der Waals surface area contributed by atoms with E-state index in [0.29, 0.717) is 6.42 Å². The summed E-state index contributed by atoms with van der Waals surface area (Å²) < 4.78 is 12.4. The molecule has 0 amide bonds. The van der Waals surface area contributed by atoms with Gasteiger partial charge in [0.05, 0.1) is 23.2 Å². The normalized spacial score (nSPS) is 14.7. The minimum absolute atomic E-state index is 0.0406. The van der Waals surface area contributed by atoms with Crippen molar-refractivity contribution in [2.45, 2.75) is 105 Å². The summed E-state index contributed by atoms with van der Waals surface area (Å²) in [5, 5.41) is 8.75. The SMILES string of the molecule is CC(C)(C)OC(C(=O)C(C)(C)C(C)(C)OCC(CCC(=O)C(C)(C)C)OOC#N)c1ccccc1. The summed E-state index contributed by atoms with van der Waals surface area (Å²) >= 11 is 0. The molecule has 1 rings (SSSR count). The molecule has 7 nitrogen and oxygen atoms in total. The number of ketones is 2. The van der Waals surface area contributed by atoms with E-state index in [2.05, 4.69) is 4.89 Å². The number of hydrogen-bond donors (Lipinski definition) is 0. The van der Waals surface area contributed by atoms with Crippen LogP contribution in [0.3, 0.4) is 0 Å². The zero-order chi connectivity index (χ0) is 27.1. The van der Waals surface area contributed by atoms with Crippen LogP contribution in [0.15, 0.2) is 30.3 Å². The molecule has 0 aliphatic carbocycles. The van der Waals surface area contributed by atoms with Crippen molar-refractivity contribution >= 4 is 11.6 Å². The topological polar surface area (TPSA) is 94.8 Å². The molecule has 0 saturated carbocycles. The predicted octanol–water partition coefficient (Wildman–Crippen LogP) is 6.13. The Bertz CT molecular complexity index is 871. The molecule has 0 aromatic heterocycles. The maximum absolute atomic E-state index is 13.9. The maximum atomic E-state index is 13.9. The Morgan fingerprint density at radius 3 is 2.00 bits per heavy atom. The molecule has 7 heteroatoms. The average molecular weight is 490 g/mol. The van der Waals surface area contributed by atoms with Gasteiger partial charge in [0.25, 0.3) is 0 Å². The van der Waals surface area contributed by atoms with Crippen LogP contribution in [0.5, 0.6) is 0 Å². The van der Waals surface area contributed by atoms with Crippen LogP contribution in [0.2, 0.25) is 0 Å². The van der Waals surface area contributed by atoms with Crippen molar-refractivity contribution in [3.63, 3.8) is 0 Å². The van der Waals surface area contributed by atoms with Crippen molar-refractivity contribution in [2.75, 3.05) is 6.61 Å². The molecule has 196 valence electrons. The van der Waals surface area contributed by atoms with Crippen LogP contribution in [0.1, 0.15) is 93.7 Å². The third-order valence-electron chi connectivity index (χ3n) is 6.31. The highest BCUT2D eigenvalue weighted by molar-refractivity contribution is 5.90. The van der Waals surface area contributed by atoms with Crippen molar-refractivity contribution in [2.24, 2.45) is 10.8 Å². The number of benzene rings is 1. The van der Waals surface area contributed by atoms with Crippen LogP contribution in [0.4, 0.5) is 0 Å². The van der Waals surface area contributed by atoms with E-state index in [1.54, 1.807) is 0 Å². The van der Waals surface area contributed by atoms with Gasteiger partial charge in [0, 0.05) is 11.8 Å². The Hall–Kier alpha value is -2.27. The van der Waals surface area contributed by atoms with E-state index in [1.165, 1.54) is 6.26 Å². The zero-order valence-corrected chi connectivity index (χ0v) is 23.1. The second kappa shape index (κ2) is 12.1. The molecular formula is C28H43NO6. The molecule has 0 aliphatic heterocycles. The van der Waals surface area contributed by atoms with Crippen molar-refractivity contribution in [3.05, 3.63) is 35.9 Å². The first-order valence-corrected chi connectivity index (χ1v) is 12.1. The van der Waals surface area contributed by atoms with E-state index in [0.717, 1.165) is 5.56 Å². The summed E-state index contributed by atoms with van der Waals surface area (Å²) in [7, 11) is 0. The highest BCUT2D eigenvalue weighted by Crippen LogP contribution is 2.41. The molecule has 0 radical (unpaired) electrons. The smallest absolute Gasteiger partial charge is 0.324 e. The summed E-state index contributed by atoms with van der Waals surface area (Å²) in [6.07, 6.45) is 0.637. The summed E-state index contributed by atoms with van der Waals surface area (Å²) in [6.45, 7) is 18.7. The van der Waals surface area contributed by atoms with Gasteiger partial charge >= 0.3 is 6.26 Å². The molecule has 0 spiro atoms. The fraction of sp³-hybridized carbons (Fsp3) is 0.679. The lowest BCUT2D eigenvalue weighted by Crippen LogP contribution is -2.50.